The van der Waals surface area contributed by atoms with Crippen LogP contribution >= 0.6 is 0 Å². The average molecular weight is 182 g/mol. The van der Waals surface area contributed by atoms with Gasteiger partial charge in [-0.1, -0.05) is 13.8 Å². The molecule has 1 aromatic rings. The third-order valence-corrected chi connectivity index (χ3v) is 1.70. The van der Waals surface area contributed by atoms with Crippen LogP contribution in [0.4, 0.5) is 5.82 Å². The Bertz CT molecular complexity index is 343. The minimum absolute atomic E-state index is 0.000269. The Morgan fingerprint density at radius 3 is 3.00 bits per heavy atom. The molecule has 0 radical (unpaired) electrons. The van der Waals surface area contributed by atoms with Gasteiger partial charge in [-0.2, -0.15) is 4.98 Å². The first-order valence-electron chi connectivity index (χ1n) is 4.10. The van der Waals surface area contributed by atoms with Crippen molar-refractivity contribution in [1.82, 2.24) is 4.98 Å². The fraction of sp³-hybridized carbons (Fsp3) is 0.500. The van der Waals surface area contributed by atoms with E-state index in [1.165, 1.54) is 0 Å². The molecule has 1 aromatic heterocycles. The molecule has 13 heavy (non-hydrogen) atoms. The molecule has 1 amide bonds. The molecule has 0 atom stereocenters. The monoisotopic (exact) mass is 182 g/mol. The van der Waals surface area contributed by atoms with Crippen LogP contribution in [0.25, 0.3) is 0 Å². The number of anilines is 1. The van der Waals surface area contributed by atoms with Crippen molar-refractivity contribution in [1.29, 1.82) is 0 Å². The molecule has 0 unspecified atom stereocenters. The van der Waals surface area contributed by atoms with Gasteiger partial charge in [0.15, 0.2) is 6.61 Å². The van der Waals surface area contributed by atoms with Crippen molar-refractivity contribution in [2.24, 2.45) is 0 Å². The molecule has 0 spiro atoms. The highest BCUT2D eigenvalue weighted by Crippen LogP contribution is 2.30. The zero-order valence-electron chi connectivity index (χ0n) is 7.46. The van der Waals surface area contributed by atoms with Crippen molar-refractivity contribution < 1.29 is 13.9 Å². The summed E-state index contributed by atoms with van der Waals surface area (Å²) in [7, 11) is 0. The summed E-state index contributed by atoms with van der Waals surface area (Å²) in [6, 6.07) is 0. The highest BCUT2D eigenvalue weighted by molar-refractivity contribution is 5.93. The standard InChI is InChI=1S/C8H10N2O3/c1-4(2)7-10-6-8(13-7)12-3-5(11)9-6/h4H,3H2,1-2H3,(H,9,11). The number of rotatable bonds is 1. The number of hydrogen-bond acceptors (Lipinski definition) is 4. The third-order valence-electron chi connectivity index (χ3n) is 1.70. The second-order valence-corrected chi connectivity index (χ2v) is 3.18. The molecule has 70 valence electrons. The van der Waals surface area contributed by atoms with Crippen LogP contribution in [0.15, 0.2) is 4.42 Å². The van der Waals surface area contributed by atoms with Gasteiger partial charge in [0.2, 0.25) is 11.7 Å². The lowest BCUT2D eigenvalue weighted by atomic mass is 10.2. The van der Waals surface area contributed by atoms with Crippen LogP contribution in [-0.4, -0.2) is 17.5 Å². The number of ether oxygens (including phenoxy) is 1. The number of amides is 1. The Morgan fingerprint density at radius 2 is 2.31 bits per heavy atom. The van der Waals surface area contributed by atoms with Gasteiger partial charge in [0.1, 0.15) is 0 Å². The van der Waals surface area contributed by atoms with Crippen molar-refractivity contribution in [3.63, 3.8) is 0 Å². The number of carbonyl (C=O) groups excluding carboxylic acids is 1. The molecule has 2 heterocycles. The summed E-state index contributed by atoms with van der Waals surface area (Å²) in [6.07, 6.45) is 0. The zero-order chi connectivity index (χ0) is 9.42. The van der Waals surface area contributed by atoms with Crippen molar-refractivity contribution in [2.45, 2.75) is 19.8 Å². The van der Waals surface area contributed by atoms with Crippen LogP contribution in [0.5, 0.6) is 5.95 Å². The summed E-state index contributed by atoms with van der Waals surface area (Å²) in [4.78, 5) is 15.0. The van der Waals surface area contributed by atoms with Crippen LogP contribution in [-0.2, 0) is 4.79 Å². The number of oxazole rings is 1. The highest BCUT2D eigenvalue weighted by atomic mass is 16.6. The maximum atomic E-state index is 10.9. The van der Waals surface area contributed by atoms with E-state index in [0.717, 1.165) is 0 Å². The van der Waals surface area contributed by atoms with Gasteiger partial charge in [0.25, 0.3) is 5.91 Å². The maximum absolute atomic E-state index is 10.9. The molecule has 0 aromatic carbocycles. The van der Waals surface area contributed by atoms with E-state index in [2.05, 4.69) is 10.3 Å². The Hall–Kier alpha value is -1.52. The molecule has 1 N–H and O–H groups in total. The Labute approximate surface area is 75.1 Å². The minimum Gasteiger partial charge on any atom is -0.452 e. The molecule has 2 rings (SSSR count). The number of carbonyl (C=O) groups is 1. The number of nitrogens with zero attached hydrogens (tertiary/aromatic N) is 1. The summed E-state index contributed by atoms with van der Waals surface area (Å²) >= 11 is 0. The van der Waals surface area contributed by atoms with Crippen molar-refractivity contribution in [3.8, 4) is 5.95 Å². The van der Waals surface area contributed by atoms with E-state index < -0.39 is 0 Å². The van der Waals surface area contributed by atoms with Gasteiger partial charge >= 0.3 is 5.95 Å². The molecule has 0 fully saturated rings. The Balaban J connectivity index is 2.33. The maximum Gasteiger partial charge on any atom is 0.331 e. The van der Waals surface area contributed by atoms with Crippen LogP contribution in [0.3, 0.4) is 0 Å². The fourth-order valence-electron chi connectivity index (χ4n) is 1.04. The molecule has 1 aliphatic rings. The highest BCUT2D eigenvalue weighted by Gasteiger charge is 2.23. The molecule has 0 aliphatic carbocycles. The Kier molecular flexibility index (Phi) is 1.72. The second-order valence-electron chi connectivity index (χ2n) is 3.18. The molecule has 5 nitrogen and oxygen atoms in total. The quantitative estimate of drug-likeness (QED) is 0.707. The molecule has 0 saturated heterocycles. The number of nitrogens with one attached hydrogen (secondary N) is 1. The topological polar surface area (TPSA) is 64.4 Å². The van der Waals surface area contributed by atoms with E-state index in [9.17, 15) is 4.79 Å². The molecule has 1 aliphatic heterocycles. The van der Waals surface area contributed by atoms with Gasteiger partial charge in [0, 0.05) is 5.92 Å². The SMILES string of the molecule is CC(C)c1nc2c(o1)OCC(=O)N2. The van der Waals surface area contributed by atoms with Gasteiger partial charge < -0.3 is 14.5 Å². The van der Waals surface area contributed by atoms with Gasteiger partial charge in [-0.25, -0.2) is 0 Å². The van der Waals surface area contributed by atoms with Crippen LogP contribution in [0.2, 0.25) is 0 Å². The molecular formula is C8H10N2O3. The van der Waals surface area contributed by atoms with E-state index >= 15 is 0 Å². The predicted octanol–water partition coefficient (Wildman–Crippen LogP) is 1.13. The molecule has 0 saturated carbocycles. The van der Waals surface area contributed by atoms with Gasteiger partial charge in [-0.3, -0.25) is 4.79 Å². The third kappa shape index (κ3) is 1.37. The van der Waals surface area contributed by atoms with Crippen molar-refractivity contribution in [2.75, 3.05) is 11.9 Å². The van der Waals surface area contributed by atoms with Gasteiger partial charge in [-0.05, 0) is 0 Å². The second kappa shape index (κ2) is 2.76. The van der Waals surface area contributed by atoms with Crippen molar-refractivity contribution in [3.05, 3.63) is 5.89 Å². The van der Waals surface area contributed by atoms with E-state index in [-0.39, 0.29) is 18.4 Å². The van der Waals surface area contributed by atoms with Crippen LogP contribution in [0.1, 0.15) is 25.7 Å². The van der Waals surface area contributed by atoms with Gasteiger partial charge in [0.05, 0.1) is 0 Å². The Morgan fingerprint density at radius 1 is 1.54 bits per heavy atom. The molecule has 5 heteroatoms. The first kappa shape index (κ1) is 8.10. The predicted molar refractivity (Wildman–Crippen MR) is 44.7 cm³/mol. The molecular weight excluding hydrogens is 172 g/mol. The first-order valence-corrected chi connectivity index (χ1v) is 4.10. The lowest BCUT2D eigenvalue weighted by molar-refractivity contribution is -0.119. The summed E-state index contributed by atoms with van der Waals surface area (Å²) in [6.45, 7) is 3.91. The lowest BCUT2D eigenvalue weighted by Crippen LogP contribution is -2.24. The summed E-state index contributed by atoms with van der Waals surface area (Å²) in [5.74, 6) is 1.26. The van der Waals surface area contributed by atoms with E-state index in [0.29, 0.717) is 17.7 Å². The summed E-state index contributed by atoms with van der Waals surface area (Å²) in [5, 5.41) is 2.57. The minimum atomic E-state index is -0.198. The smallest absolute Gasteiger partial charge is 0.331 e. The normalized spacial score (nSPS) is 15.2. The fourth-order valence-corrected chi connectivity index (χ4v) is 1.04. The number of hydrogen-bond donors (Lipinski definition) is 1. The van der Waals surface area contributed by atoms with E-state index in [1.807, 2.05) is 13.8 Å². The largest absolute Gasteiger partial charge is 0.452 e. The van der Waals surface area contributed by atoms with Crippen molar-refractivity contribution >= 4 is 11.7 Å². The van der Waals surface area contributed by atoms with E-state index in [4.69, 9.17) is 9.15 Å². The zero-order valence-corrected chi connectivity index (χ0v) is 7.46. The molecule has 0 bridgehead atoms. The summed E-state index contributed by atoms with van der Waals surface area (Å²) < 4.78 is 10.3. The van der Waals surface area contributed by atoms with Gasteiger partial charge in [-0.15, -0.1) is 0 Å². The average Bonchev–Trinajstić information content (AvgIpc) is 2.46. The van der Waals surface area contributed by atoms with Crippen LogP contribution < -0.4 is 10.1 Å². The van der Waals surface area contributed by atoms with E-state index in [1.54, 1.807) is 0 Å². The number of fused-ring (bicyclic) bond motifs is 1. The summed E-state index contributed by atoms with van der Waals surface area (Å²) in [5.41, 5.74) is 0. The number of aromatic nitrogens is 1. The first-order chi connectivity index (χ1) is 6.16. The lowest BCUT2D eigenvalue weighted by Gasteiger charge is -2.09. The van der Waals surface area contributed by atoms with Crippen LogP contribution in [0, 0.1) is 0 Å².